The van der Waals surface area contributed by atoms with Crippen LogP contribution >= 0.6 is 0 Å². The van der Waals surface area contributed by atoms with E-state index >= 15 is 0 Å². The second kappa shape index (κ2) is 14.4. The number of benzene rings is 3. The highest BCUT2D eigenvalue weighted by Crippen LogP contribution is 2.29. The normalized spacial score (nSPS) is 16.7. The smallest absolute Gasteiger partial charge is 0.252 e. The highest BCUT2D eigenvalue weighted by molar-refractivity contribution is 5.99. The second-order valence-electron chi connectivity index (χ2n) is 11.6. The molecule has 1 saturated heterocycles. The molecule has 1 aliphatic heterocycles. The predicted octanol–water partition coefficient (Wildman–Crippen LogP) is 4.82. The largest absolute Gasteiger partial charge is 0.489 e. The summed E-state index contributed by atoms with van der Waals surface area (Å²) in [6.45, 7) is 5.32. The van der Waals surface area contributed by atoms with Gasteiger partial charge in [0, 0.05) is 56.2 Å². The summed E-state index contributed by atoms with van der Waals surface area (Å²) in [4.78, 5) is 31.4. The Morgan fingerprint density at radius 2 is 1.51 bits per heavy atom. The Hall–Kier alpha value is -4.11. The lowest BCUT2D eigenvalue weighted by atomic mass is 9.80. The van der Waals surface area contributed by atoms with E-state index in [1.165, 1.54) is 12.1 Å². The van der Waals surface area contributed by atoms with Crippen molar-refractivity contribution in [3.63, 3.8) is 0 Å². The van der Waals surface area contributed by atoms with Gasteiger partial charge in [-0.15, -0.1) is 0 Å². The third-order valence-electron chi connectivity index (χ3n) is 8.41. The van der Waals surface area contributed by atoms with E-state index in [4.69, 9.17) is 4.74 Å². The van der Waals surface area contributed by atoms with Crippen molar-refractivity contribution < 1.29 is 18.7 Å². The summed E-state index contributed by atoms with van der Waals surface area (Å²) >= 11 is 0. The van der Waals surface area contributed by atoms with Crippen molar-refractivity contribution >= 4 is 23.2 Å². The molecule has 5 rings (SSSR count). The van der Waals surface area contributed by atoms with Crippen LogP contribution in [-0.4, -0.2) is 68.6 Å². The SMILES string of the molecule is CN1CCN(c2ccc(C(=O)NC3(C(=O)NCCNc4ccc(OCc5ccc(F)cc5)cc4)CCCCC3)cc2)CC1. The summed E-state index contributed by atoms with van der Waals surface area (Å²) in [5, 5.41) is 9.49. The minimum Gasteiger partial charge on any atom is -0.489 e. The zero-order valence-electron chi connectivity index (χ0n) is 24.9. The number of ether oxygens (including phenoxy) is 1. The molecule has 0 spiro atoms. The van der Waals surface area contributed by atoms with Crippen molar-refractivity contribution in [3.8, 4) is 5.75 Å². The summed E-state index contributed by atoms with van der Waals surface area (Å²) in [7, 11) is 2.13. The number of piperazine rings is 1. The average molecular weight is 588 g/mol. The average Bonchev–Trinajstić information content (AvgIpc) is 3.04. The van der Waals surface area contributed by atoms with Gasteiger partial charge in [-0.05, 0) is 86.1 Å². The molecule has 8 nitrogen and oxygen atoms in total. The van der Waals surface area contributed by atoms with E-state index in [1.54, 1.807) is 12.1 Å². The van der Waals surface area contributed by atoms with Gasteiger partial charge in [-0.3, -0.25) is 9.59 Å². The van der Waals surface area contributed by atoms with Gasteiger partial charge in [0.05, 0.1) is 0 Å². The molecular weight excluding hydrogens is 545 g/mol. The molecule has 3 N–H and O–H groups in total. The Morgan fingerprint density at radius 3 is 2.19 bits per heavy atom. The van der Waals surface area contributed by atoms with E-state index in [0.29, 0.717) is 43.9 Å². The monoisotopic (exact) mass is 587 g/mol. The van der Waals surface area contributed by atoms with Crippen LogP contribution in [0.1, 0.15) is 48.0 Å². The van der Waals surface area contributed by atoms with Gasteiger partial charge in [0.1, 0.15) is 23.7 Å². The third kappa shape index (κ3) is 8.26. The fourth-order valence-electron chi connectivity index (χ4n) is 5.71. The van der Waals surface area contributed by atoms with E-state index in [2.05, 4.69) is 32.8 Å². The molecule has 1 heterocycles. The van der Waals surface area contributed by atoms with E-state index in [1.807, 2.05) is 48.5 Å². The highest BCUT2D eigenvalue weighted by Gasteiger charge is 2.40. The van der Waals surface area contributed by atoms with Gasteiger partial charge in [-0.2, -0.15) is 0 Å². The first-order valence-electron chi connectivity index (χ1n) is 15.3. The van der Waals surface area contributed by atoms with Crippen molar-refractivity contribution in [3.05, 3.63) is 89.7 Å². The molecule has 2 fully saturated rings. The fourth-order valence-corrected chi connectivity index (χ4v) is 5.71. The van der Waals surface area contributed by atoms with Crippen LogP contribution in [0.15, 0.2) is 72.8 Å². The molecule has 2 aliphatic rings. The van der Waals surface area contributed by atoms with Gasteiger partial charge in [0.15, 0.2) is 0 Å². The molecule has 3 aromatic rings. The number of nitrogens with zero attached hydrogens (tertiary/aromatic N) is 2. The molecule has 1 aliphatic carbocycles. The van der Waals surface area contributed by atoms with Crippen LogP contribution in [0.3, 0.4) is 0 Å². The maximum absolute atomic E-state index is 13.4. The molecule has 0 bridgehead atoms. The topological polar surface area (TPSA) is 85.9 Å². The van der Waals surface area contributed by atoms with E-state index in [-0.39, 0.29) is 17.6 Å². The van der Waals surface area contributed by atoms with Gasteiger partial charge in [-0.25, -0.2) is 4.39 Å². The summed E-state index contributed by atoms with van der Waals surface area (Å²) in [5.74, 6) is 0.117. The van der Waals surface area contributed by atoms with Crippen LogP contribution in [0.2, 0.25) is 0 Å². The lowest BCUT2D eigenvalue weighted by molar-refractivity contribution is -0.128. The number of amides is 2. The molecule has 2 amide bonds. The zero-order chi connectivity index (χ0) is 30.1. The first-order valence-corrected chi connectivity index (χ1v) is 15.3. The second-order valence-corrected chi connectivity index (χ2v) is 11.6. The summed E-state index contributed by atoms with van der Waals surface area (Å²) in [6.07, 6.45) is 4.15. The van der Waals surface area contributed by atoms with E-state index in [9.17, 15) is 14.0 Å². The lowest BCUT2D eigenvalue weighted by Gasteiger charge is -2.37. The lowest BCUT2D eigenvalue weighted by Crippen LogP contribution is -2.60. The van der Waals surface area contributed by atoms with Crippen molar-refractivity contribution in [2.75, 3.05) is 56.5 Å². The van der Waals surface area contributed by atoms with E-state index < -0.39 is 5.54 Å². The molecule has 9 heteroatoms. The maximum Gasteiger partial charge on any atom is 0.252 e. The van der Waals surface area contributed by atoms with Gasteiger partial charge in [0.25, 0.3) is 5.91 Å². The number of carbonyl (C=O) groups excluding carboxylic acids is 2. The highest BCUT2D eigenvalue weighted by atomic mass is 19.1. The number of likely N-dealkylation sites (N-methyl/N-ethyl adjacent to an activating group) is 1. The molecule has 228 valence electrons. The summed E-state index contributed by atoms with van der Waals surface area (Å²) < 4.78 is 18.9. The van der Waals surface area contributed by atoms with Crippen molar-refractivity contribution in [2.24, 2.45) is 0 Å². The number of halogens is 1. The molecular formula is C34H42FN5O3. The quantitative estimate of drug-likeness (QED) is 0.279. The number of nitrogens with one attached hydrogen (secondary N) is 3. The predicted molar refractivity (Wildman–Crippen MR) is 168 cm³/mol. The van der Waals surface area contributed by atoms with Gasteiger partial charge in [0.2, 0.25) is 5.91 Å². The number of anilines is 2. The zero-order valence-corrected chi connectivity index (χ0v) is 24.9. The van der Waals surface area contributed by atoms with Crippen LogP contribution < -0.4 is 25.6 Å². The van der Waals surface area contributed by atoms with Gasteiger partial charge >= 0.3 is 0 Å². The minimum absolute atomic E-state index is 0.124. The van der Waals surface area contributed by atoms with Crippen molar-refractivity contribution in [1.82, 2.24) is 15.5 Å². The van der Waals surface area contributed by atoms with Crippen molar-refractivity contribution in [2.45, 2.75) is 44.2 Å². The molecule has 43 heavy (non-hydrogen) atoms. The number of hydrogen-bond acceptors (Lipinski definition) is 6. The molecule has 3 aromatic carbocycles. The van der Waals surface area contributed by atoms with Gasteiger partial charge < -0.3 is 30.5 Å². The Labute approximate surface area is 253 Å². The molecule has 0 radical (unpaired) electrons. The van der Waals surface area contributed by atoms with E-state index in [0.717, 1.165) is 62.4 Å². The first kappa shape index (κ1) is 30.4. The minimum atomic E-state index is -0.894. The maximum atomic E-state index is 13.4. The van der Waals surface area contributed by atoms with Crippen LogP contribution in [0, 0.1) is 5.82 Å². The number of rotatable bonds is 11. The van der Waals surface area contributed by atoms with Crippen molar-refractivity contribution in [1.29, 1.82) is 0 Å². The summed E-state index contributed by atoms with van der Waals surface area (Å²) in [6, 6.07) is 21.5. The third-order valence-corrected chi connectivity index (χ3v) is 8.41. The van der Waals surface area contributed by atoms with Crippen LogP contribution in [0.25, 0.3) is 0 Å². The molecule has 0 unspecified atom stereocenters. The van der Waals surface area contributed by atoms with Crippen LogP contribution in [-0.2, 0) is 11.4 Å². The standard InChI is InChI=1S/C34H42FN5O3/c1-39-21-23-40(24-22-39)30-13-7-27(8-14-30)32(41)38-34(17-3-2-4-18-34)33(42)37-20-19-36-29-11-15-31(16-12-29)43-25-26-5-9-28(35)10-6-26/h5-16,36H,2-4,17-25H2,1H3,(H,37,42)(H,38,41). The van der Waals surface area contributed by atoms with Crippen LogP contribution in [0.5, 0.6) is 5.75 Å². The number of hydrogen-bond donors (Lipinski definition) is 3. The number of carbonyl (C=O) groups is 2. The Bertz CT molecular complexity index is 1330. The fraction of sp³-hybridized carbons (Fsp3) is 0.412. The summed E-state index contributed by atoms with van der Waals surface area (Å²) in [5.41, 5.74) is 2.60. The Kier molecular flexibility index (Phi) is 10.1. The van der Waals surface area contributed by atoms with Gasteiger partial charge in [-0.1, -0.05) is 31.4 Å². The molecule has 1 saturated carbocycles. The Morgan fingerprint density at radius 1 is 0.837 bits per heavy atom. The first-order chi connectivity index (χ1) is 20.9. The molecule has 0 atom stereocenters. The van der Waals surface area contributed by atoms with Crippen LogP contribution in [0.4, 0.5) is 15.8 Å². The Balaban J connectivity index is 1.09. The molecule has 0 aromatic heterocycles.